The van der Waals surface area contributed by atoms with E-state index in [0.29, 0.717) is 6.61 Å². The molecule has 0 saturated carbocycles. The Morgan fingerprint density at radius 3 is 2.83 bits per heavy atom. The van der Waals surface area contributed by atoms with Crippen LogP contribution in [-0.2, 0) is 9.53 Å². The summed E-state index contributed by atoms with van der Waals surface area (Å²) < 4.78 is 5.43. The highest BCUT2D eigenvalue weighted by Gasteiger charge is 2.36. The number of hydrogen-bond donors (Lipinski definition) is 0. The number of ether oxygens (including phenoxy) is 1. The van der Waals surface area contributed by atoms with E-state index in [1.807, 2.05) is 0 Å². The number of hydrogen-bond acceptors (Lipinski definition) is 3. The van der Waals surface area contributed by atoms with Gasteiger partial charge in [0, 0.05) is 13.2 Å². The predicted molar refractivity (Wildman–Crippen MR) is 72.6 cm³/mol. The first-order valence-corrected chi connectivity index (χ1v) is 7.42. The molecule has 0 bridgehead atoms. The molecule has 2 heterocycles. The maximum absolute atomic E-state index is 11.4. The average molecular weight is 253 g/mol. The number of carbonyl (C=O) groups is 1. The molecule has 0 amide bonds. The van der Waals surface area contributed by atoms with Gasteiger partial charge in [-0.1, -0.05) is 13.8 Å². The summed E-state index contributed by atoms with van der Waals surface area (Å²) in [5.74, 6) is 1.65. The third-order valence-corrected chi connectivity index (χ3v) is 4.73. The fourth-order valence-electron chi connectivity index (χ4n) is 3.33. The van der Waals surface area contributed by atoms with Crippen LogP contribution in [-0.4, -0.2) is 44.0 Å². The van der Waals surface area contributed by atoms with Crippen molar-refractivity contribution in [2.45, 2.75) is 39.5 Å². The van der Waals surface area contributed by atoms with Crippen molar-refractivity contribution in [1.29, 1.82) is 0 Å². The van der Waals surface area contributed by atoms with E-state index >= 15 is 0 Å². The molecule has 18 heavy (non-hydrogen) atoms. The van der Waals surface area contributed by atoms with E-state index in [1.165, 1.54) is 19.3 Å². The molecule has 2 fully saturated rings. The molecule has 2 unspecified atom stereocenters. The second-order valence-corrected chi connectivity index (χ2v) is 6.49. The normalized spacial score (nSPS) is 34.7. The molecule has 2 aliphatic rings. The predicted octanol–water partition coefficient (Wildman–Crippen LogP) is 2.35. The lowest BCUT2D eigenvalue weighted by atomic mass is 9.88. The number of likely N-dealkylation sites (tertiary alicyclic amines) is 1. The Bertz CT molecular complexity index is 272. The van der Waals surface area contributed by atoms with Crippen molar-refractivity contribution in [3.8, 4) is 0 Å². The largest absolute Gasteiger partial charge is 0.380 e. The van der Waals surface area contributed by atoms with E-state index in [2.05, 4.69) is 18.7 Å². The smallest absolute Gasteiger partial charge is 0.129 e. The van der Waals surface area contributed by atoms with Crippen LogP contribution in [0.1, 0.15) is 39.5 Å². The Labute approximate surface area is 111 Å². The van der Waals surface area contributed by atoms with E-state index in [1.54, 1.807) is 0 Å². The highest BCUT2D eigenvalue weighted by atomic mass is 16.5. The lowest BCUT2D eigenvalue weighted by Gasteiger charge is -2.29. The first kappa shape index (κ1) is 14.0. The number of aldehydes is 1. The molecule has 0 aliphatic carbocycles. The minimum Gasteiger partial charge on any atom is -0.380 e. The molecule has 2 saturated heterocycles. The fourth-order valence-corrected chi connectivity index (χ4v) is 3.33. The summed E-state index contributed by atoms with van der Waals surface area (Å²) in [4.78, 5) is 13.8. The fraction of sp³-hybridized carbons (Fsp3) is 0.933. The molecule has 0 spiro atoms. The van der Waals surface area contributed by atoms with E-state index in [-0.39, 0.29) is 5.41 Å². The van der Waals surface area contributed by atoms with Crippen LogP contribution >= 0.6 is 0 Å². The van der Waals surface area contributed by atoms with Crippen LogP contribution in [0.2, 0.25) is 0 Å². The first-order chi connectivity index (χ1) is 8.65. The Kier molecular flexibility index (Phi) is 4.79. The Morgan fingerprint density at radius 1 is 1.39 bits per heavy atom. The summed E-state index contributed by atoms with van der Waals surface area (Å²) in [7, 11) is 0. The van der Waals surface area contributed by atoms with Gasteiger partial charge < -0.3 is 14.4 Å². The van der Waals surface area contributed by atoms with Crippen LogP contribution in [0.25, 0.3) is 0 Å². The van der Waals surface area contributed by atoms with Crippen molar-refractivity contribution in [2.24, 2.45) is 17.3 Å². The van der Waals surface area contributed by atoms with Gasteiger partial charge in [0.25, 0.3) is 0 Å². The minimum absolute atomic E-state index is 0.211. The summed E-state index contributed by atoms with van der Waals surface area (Å²) in [6.45, 7) is 9.25. The standard InChI is InChI=1S/C15H27NO2/c1-13(2)14-4-3-7-16(8-5-14)10-15(11-17)6-9-18-12-15/h11,13-14H,3-10,12H2,1-2H3. The average Bonchev–Trinajstić information content (AvgIpc) is 2.69. The molecule has 2 rings (SSSR count). The highest BCUT2D eigenvalue weighted by Crippen LogP contribution is 2.30. The third kappa shape index (κ3) is 3.33. The van der Waals surface area contributed by atoms with E-state index < -0.39 is 0 Å². The van der Waals surface area contributed by atoms with Gasteiger partial charge in [0.15, 0.2) is 0 Å². The quantitative estimate of drug-likeness (QED) is 0.720. The maximum Gasteiger partial charge on any atom is 0.129 e. The maximum atomic E-state index is 11.4. The zero-order valence-electron chi connectivity index (χ0n) is 11.9. The van der Waals surface area contributed by atoms with E-state index in [9.17, 15) is 4.79 Å². The van der Waals surface area contributed by atoms with Crippen LogP contribution < -0.4 is 0 Å². The molecule has 0 N–H and O–H groups in total. The van der Waals surface area contributed by atoms with Gasteiger partial charge in [0.2, 0.25) is 0 Å². The minimum atomic E-state index is -0.211. The highest BCUT2D eigenvalue weighted by molar-refractivity contribution is 5.60. The Hall–Kier alpha value is -0.410. The van der Waals surface area contributed by atoms with Gasteiger partial charge in [0.1, 0.15) is 6.29 Å². The molecule has 2 atom stereocenters. The Balaban J connectivity index is 1.88. The SMILES string of the molecule is CC(C)C1CCCN(CC2(C=O)CCOC2)CC1. The van der Waals surface area contributed by atoms with Gasteiger partial charge in [-0.15, -0.1) is 0 Å². The third-order valence-electron chi connectivity index (χ3n) is 4.73. The summed E-state index contributed by atoms with van der Waals surface area (Å²) in [6.07, 6.45) is 5.95. The monoisotopic (exact) mass is 253 g/mol. The van der Waals surface area contributed by atoms with Crippen molar-refractivity contribution in [3.05, 3.63) is 0 Å². The van der Waals surface area contributed by atoms with Gasteiger partial charge in [-0.2, -0.15) is 0 Å². The lowest BCUT2D eigenvalue weighted by molar-refractivity contribution is -0.117. The molecule has 3 heteroatoms. The van der Waals surface area contributed by atoms with Gasteiger partial charge in [-0.05, 0) is 50.6 Å². The van der Waals surface area contributed by atoms with Crippen molar-refractivity contribution in [1.82, 2.24) is 4.90 Å². The summed E-state index contributed by atoms with van der Waals surface area (Å²) in [5, 5.41) is 0. The van der Waals surface area contributed by atoms with Gasteiger partial charge in [-0.25, -0.2) is 0 Å². The zero-order chi connectivity index (χ0) is 13.0. The van der Waals surface area contributed by atoms with Gasteiger partial charge >= 0.3 is 0 Å². The molecule has 3 nitrogen and oxygen atoms in total. The molecular formula is C15H27NO2. The molecule has 0 radical (unpaired) electrons. The molecule has 2 aliphatic heterocycles. The van der Waals surface area contributed by atoms with Crippen LogP contribution in [0.4, 0.5) is 0 Å². The van der Waals surface area contributed by atoms with Crippen LogP contribution in [0, 0.1) is 17.3 Å². The Morgan fingerprint density at radius 2 is 2.22 bits per heavy atom. The van der Waals surface area contributed by atoms with Crippen molar-refractivity contribution < 1.29 is 9.53 Å². The zero-order valence-corrected chi connectivity index (χ0v) is 11.9. The second-order valence-electron chi connectivity index (χ2n) is 6.49. The lowest BCUT2D eigenvalue weighted by Crippen LogP contribution is -2.40. The topological polar surface area (TPSA) is 29.5 Å². The van der Waals surface area contributed by atoms with Crippen LogP contribution in [0.3, 0.4) is 0 Å². The van der Waals surface area contributed by atoms with Crippen molar-refractivity contribution >= 4 is 6.29 Å². The summed E-state index contributed by atoms with van der Waals surface area (Å²) >= 11 is 0. The molecular weight excluding hydrogens is 226 g/mol. The van der Waals surface area contributed by atoms with E-state index in [0.717, 1.165) is 50.8 Å². The number of rotatable bonds is 4. The van der Waals surface area contributed by atoms with E-state index in [4.69, 9.17) is 4.74 Å². The van der Waals surface area contributed by atoms with Crippen LogP contribution in [0.5, 0.6) is 0 Å². The summed E-state index contributed by atoms with van der Waals surface area (Å²) in [6, 6.07) is 0. The van der Waals surface area contributed by atoms with Crippen molar-refractivity contribution in [3.63, 3.8) is 0 Å². The number of nitrogens with zero attached hydrogens (tertiary/aromatic N) is 1. The molecule has 104 valence electrons. The first-order valence-electron chi connectivity index (χ1n) is 7.42. The van der Waals surface area contributed by atoms with Crippen LogP contribution in [0.15, 0.2) is 0 Å². The number of carbonyl (C=O) groups excluding carboxylic acids is 1. The van der Waals surface area contributed by atoms with Crippen molar-refractivity contribution in [2.75, 3.05) is 32.8 Å². The van der Waals surface area contributed by atoms with Gasteiger partial charge in [0.05, 0.1) is 12.0 Å². The molecule has 0 aromatic rings. The molecule has 0 aromatic carbocycles. The summed E-state index contributed by atoms with van der Waals surface area (Å²) in [5.41, 5.74) is -0.211. The molecule has 0 aromatic heterocycles. The van der Waals surface area contributed by atoms with Gasteiger partial charge in [-0.3, -0.25) is 0 Å². The second kappa shape index (κ2) is 6.16.